The molecule has 0 spiro atoms. The Labute approximate surface area is 262 Å². The van der Waals surface area contributed by atoms with Crippen LogP contribution in [-0.2, 0) is 0 Å². The van der Waals surface area contributed by atoms with Gasteiger partial charge in [-0.1, -0.05) is 19.6 Å². The topological polar surface area (TPSA) is 153 Å². The van der Waals surface area contributed by atoms with E-state index in [1.165, 1.54) is 72.8 Å². The van der Waals surface area contributed by atoms with Gasteiger partial charge in [0.25, 0.3) is 17.1 Å². The van der Waals surface area contributed by atoms with Crippen LogP contribution in [-0.4, -0.2) is 27.0 Å². The molecule has 6 N–H and O–H groups in total. The number of pyridine rings is 2. The molecule has 3 aromatic carbocycles. The number of carbonyl (C=O) groups is 3. The van der Waals surface area contributed by atoms with E-state index in [2.05, 4.69) is 20.6 Å². The molecule has 232 valence electrons. The standard InChI is InChI=1S/C19H13F2N3O2.C7H4ClFO.C5H7N3.CH4/c20-14-8-4-12(5-9-14)18(25)23-16-2-1-3-17(22-16)24-19(26)13-6-10-15(21)11-7-13;8-7(10)5-1-3-6(9)4-2-5;6-4-2-1-3-5(7)8-4;/h1-11H,(H2,22,23,24,25,26);1-4H;1-3H,(H4,6,7,8);1H4. The van der Waals surface area contributed by atoms with Gasteiger partial charge in [0.1, 0.15) is 40.7 Å². The number of anilines is 4. The number of nitrogens with zero attached hydrogens (tertiary/aromatic N) is 2. The third-order valence-corrected chi connectivity index (χ3v) is 5.53. The van der Waals surface area contributed by atoms with E-state index in [1.54, 1.807) is 36.4 Å². The molecule has 0 aliphatic rings. The van der Waals surface area contributed by atoms with Gasteiger partial charge < -0.3 is 22.1 Å². The first-order valence-electron chi connectivity index (χ1n) is 12.5. The minimum atomic E-state index is -0.569. The highest BCUT2D eigenvalue weighted by Gasteiger charge is 2.10. The summed E-state index contributed by atoms with van der Waals surface area (Å²) in [5.41, 5.74) is 11.4. The number of aromatic nitrogens is 2. The predicted octanol–water partition coefficient (Wildman–Crippen LogP) is 6.95. The van der Waals surface area contributed by atoms with Gasteiger partial charge in [-0.25, -0.2) is 23.1 Å². The van der Waals surface area contributed by atoms with Crippen molar-refractivity contribution >= 4 is 51.9 Å². The smallest absolute Gasteiger partial charge is 0.256 e. The monoisotopic (exact) mass is 636 g/mol. The number of hydrogen-bond donors (Lipinski definition) is 4. The van der Waals surface area contributed by atoms with E-state index in [0.29, 0.717) is 17.2 Å². The Balaban J connectivity index is 0.000000303. The third kappa shape index (κ3) is 12.2. The number of nitrogens with two attached hydrogens (primary N) is 2. The molecule has 13 heteroatoms. The van der Waals surface area contributed by atoms with Gasteiger partial charge in [-0.05, 0) is 109 Å². The van der Waals surface area contributed by atoms with Crippen molar-refractivity contribution in [2.24, 2.45) is 0 Å². The van der Waals surface area contributed by atoms with E-state index in [1.807, 2.05) is 0 Å². The lowest BCUT2D eigenvalue weighted by Gasteiger charge is -2.08. The van der Waals surface area contributed by atoms with Gasteiger partial charge in [0.05, 0.1) is 0 Å². The second kappa shape index (κ2) is 17.4. The largest absolute Gasteiger partial charge is 0.384 e. The van der Waals surface area contributed by atoms with Crippen LogP contribution in [0.5, 0.6) is 0 Å². The number of halogens is 4. The van der Waals surface area contributed by atoms with Gasteiger partial charge in [0.2, 0.25) is 0 Å². The van der Waals surface area contributed by atoms with Gasteiger partial charge >= 0.3 is 0 Å². The summed E-state index contributed by atoms with van der Waals surface area (Å²) in [7, 11) is 0. The first-order valence-corrected chi connectivity index (χ1v) is 12.9. The van der Waals surface area contributed by atoms with Crippen LogP contribution in [0, 0.1) is 17.5 Å². The zero-order valence-corrected chi connectivity index (χ0v) is 23.4. The molecule has 2 amide bonds. The summed E-state index contributed by atoms with van der Waals surface area (Å²) >= 11 is 5.09. The van der Waals surface area contributed by atoms with Crippen LogP contribution in [0.2, 0.25) is 0 Å². The lowest BCUT2D eigenvalue weighted by atomic mass is 10.2. The Morgan fingerprint density at radius 1 is 0.533 bits per heavy atom. The van der Waals surface area contributed by atoms with Crippen molar-refractivity contribution in [3.8, 4) is 0 Å². The molecule has 45 heavy (non-hydrogen) atoms. The summed E-state index contributed by atoms with van der Waals surface area (Å²) in [4.78, 5) is 42.5. The van der Waals surface area contributed by atoms with Crippen LogP contribution < -0.4 is 22.1 Å². The summed E-state index contributed by atoms with van der Waals surface area (Å²) in [6.45, 7) is 0. The summed E-state index contributed by atoms with van der Waals surface area (Å²) in [5.74, 6) is -0.807. The van der Waals surface area contributed by atoms with Crippen molar-refractivity contribution in [3.05, 3.63) is 143 Å². The molecule has 2 heterocycles. The Kier molecular flexibility index (Phi) is 13.7. The predicted molar refractivity (Wildman–Crippen MR) is 169 cm³/mol. The number of benzene rings is 3. The van der Waals surface area contributed by atoms with Crippen molar-refractivity contribution in [2.75, 3.05) is 22.1 Å². The van der Waals surface area contributed by atoms with Gasteiger partial charge in [-0.3, -0.25) is 14.4 Å². The molecular formula is C32H28ClF3N6O3. The second-order valence-electron chi connectivity index (χ2n) is 8.60. The highest BCUT2D eigenvalue weighted by molar-refractivity contribution is 6.67. The highest BCUT2D eigenvalue weighted by Crippen LogP contribution is 2.13. The molecule has 0 atom stereocenters. The van der Waals surface area contributed by atoms with Gasteiger partial charge in [-0.15, -0.1) is 0 Å². The Morgan fingerprint density at radius 3 is 1.18 bits per heavy atom. The minimum Gasteiger partial charge on any atom is -0.384 e. The lowest BCUT2D eigenvalue weighted by Crippen LogP contribution is -2.15. The summed E-state index contributed by atoms with van der Waals surface area (Å²) in [6.07, 6.45) is 0. The second-order valence-corrected chi connectivity index (χ2v) is 8.94. The van der Waals surface area contributed by atoms with Crippen molar-refractivity contribution in [2.45, 2.75) is 7.43 Å². The molecule has 0 radical (unpaired) electrons. The quantitative estimate of drug-likeness (QED) is 0.152. The fraction of sp³-hybridized carbons (Fsp3) is 0.0312. The molecule has 9 nitrogen and oxygen atoms in total. The number of nitrogen functional groups attached to an aromatic ring is 2. The van der Waals surface area contributed by atoms with E-state index < -0.39 is 28.7 Å². The molecule has 2 aromatic heterocycles. The lowest BCUT2D eigenvalue weighted by molar-refractivity contribution is 0.101. The van der Waals surface area contributed by atoms with Crippen molar-refractivity contribution in [1.29, 1.82) is 0 Å². The molecule has 0 fully saturated rings. The number of amides is 2. The van der Waals surface area contributed by atoms with Gasteiger partial charge in [0.15, 0.2) is 0 Å². The molecular weight excluding hydrogens is 609 g/mol. The Morgan fingerprint density at radius 2 is 0.867 bits per heavy atom. The molecule has 0 saturated carbocycles. The van der Waals surface area contributed by atoms with Gasteiger partial charge in [-0.2, -0.15) is 0 Å². The number of rotatable bonds is 5. The zero-order chi connectivity index (χ0) is 32.1. The fourth-order valence-electron chi connectivity index (χ4n) is 3.20. The third-order valence-electron chi connectivity index (χ3n) is 5.31. The van der Waals surface area contributed by atoms with E-state index in [-0.39, 0.29) is 36.0 Å². The van der Waals surface area contributed by atoms with E-state index in [0.717, 1.165) is 0 Å². The van der Waals surface area contributed by atoms with Crippen LogP contribution in [0.3, 0.4) is 0 Å². The minimum absolute atomic E-state index is 0. The zero-order valence-electron chi connectivity index (χ0n) is 22.7. The van der Waals surface area contributed by atoms with Crippen molar-refractivity contribution < 1.29 is 27.6 Å². The average molecular weight is 637 g/mol. The normalized spacial score (nSPS) is 9.60. The van der Waals surface area contributed by atoms with Gasteiger partial charge in [0, 0.05) is 16.7 Å². The molecule has 0 aliphatic heterocycles. The first kappa shape index (κ1) is 35.4. The fourth-order valence-corrected chi connectivity index (χ4v) is 3.33. The van der Waals surface area contributed by atoms with Crippen LogP contribution in [0.4, 0.5) is 36.4 Å². The van der Waals surface area contributed by atoms with E-state index >= 15 is 0 Å². The molecule has 0 unspecified atom stereocenters. The van der Waals surface area contributed by atoms with Crippen LogP contribution in [0.1, 0.15) is 38.5 Å². The molecule has 5 aromatic rings. The molecule has 0 bridgehead atoms. The maximum Gasteiger partial charge on any atom is 0.256 e. The highest BCUT2D eigenvalue weighted by atomic mass is 35.5. The summed E-state index contributed by atoms with van der Waals surface area (Å²) in [5, 5.41) is 4.56. The number of hydrogen-bond acceptors (Lipinski definition) is 7. The Hall–Kier alpha value is -5.75. The average Bonchev–Trinajstić information content (AvgIpc) is 2.99. The van der Waals surface area contributed by atoms with Crippen LogP contribution in [0.25, 0.3) is 0 Å². The first-order chi connectivity index (χ1) is 21.0. The molecule has 5 rings (SSSR count). The van der Waals surface area contributed by atoms with E-state index in [4.69, 9.17) is 23.1 Å². The van der Waals surface area contributed by atoms with E-state index in [9.17, 15) is 27.6 Å². The Bertz CT molecular complexity index is 1630. The van der Waals surface area contributed by atoms with Crippen LogP contribution in [0.15, 0.2) is 109 Å². The maximum atomic E-state index is 12.9. The summed E-state index contributed by atoms with van der Waals surface area (Å²) in [6, 6.07) is 25.0. The SMILES string of the molecule is C.Nc1cccc(N)n1.O=C(Cl)c1ccc(F)cc1.O=C(Nc1cccc(NC(=O)c2ccc(F)cc2)n1)c1ccc(F)cc1. The maximum absolute atomic E-state index is 12.9. The van der Waals surface area contributed by atoms with Crippen molar-refractivity contribution in [1.82, 2.24) is 9.97 Å². The molecule has 0 aliphatic carbocycles. The molecule has 0 saturated heterocycles. The van der Waals surface area contributed by atoms with Crippen molar-refractivity contribution in [3.63, 3.8) is 0 Å². The van der Waals surface area contributed by atoms with Crippen LogP contribution >= 0.6 is 11.6 Å². The summed E-state index contributed by atoms with van der Waals surface area (Å²) < 4.78 is 38.0. The number of nitrogens with one attached hydrogen (secondary N) is 2. The number of carbonyl (C=O) groups excluding carboxylic acids is 3.